The molecule has 1 fully saturated rings. The van der Waals surface area contributed by atoms with Crippen LogP contribution in [0.4, 0.5) is 5.13 Å². The SMILES string of the molecule is CCN(C(C)=O)c1nc(COC(=O)CN2C(=O)[C@@H]3CC=CC[C@H]3C2=O)cs1. The van der Waals surface area contributed by atoms with Gasteiger partial charge in [-0.25, -0.2) is 4.98 Å². The molecule has 27 heavy (non-hydrogen) atoms. The van der Waals surface area contributed by atoms with Crippen molar-refractivity contribution in [2.24, 2.45) is 11.8 Å². The van der Waals surface area contributed by atoms with Gasteiger partial charge in [-0.05, 0) is 19.8 Å². The number of hydrogen-bond donors (Lipinski definition) is 0. The van der Waals surface area contributed by atoms with Crippen molar-refractivity contribution in [1.29, 1.82) is 0 Å². The van der Waals surface area contributed by atoms with Gasteiger partial charge in [-0.1, -0.05) is 12.2 Å². The fourth-order valence-corrected chi connectivity index (χ4v) is 4.25. The number of fused-ring (bicyclic) bond motifs is 1. The zero-order valence-corrected chi connectivity index (χ0v) is 16.0. The Hall–Kier alpha value is -2.55. The molecular formula is C18H21N3O5S. The van der Waals surface area contributed by atoms with Crippen molar-refractivity contribution >= 4 is 40.2 Å². The second-order valence-corrected chi connectivity index (χ2v) is 7.30. The molecule has 0 radical (unpaired) electrons. The predicted octanol–water partition coefficient (Wildman–Crippen LogP) is 1.51. The van der Waals surface area contributed by atoms with Crippen LogP contribution in [0.5, 0.6) is 0 Å². The number of carbonyl (C=O) groups excluding carboxylic acids is 4. The molecule has 2 atom stereocenters. The molecule has 9 heteroatoms. The van der Waals surface area contributed by atoms with E-state index in [1.807, 2.05) is 19.1 Å². The van der Waals surface area contributed by atoms with Crippen molar-refractivity contribution < 1.29 is 23.9 Å². The van der Waals surface area contributed by atoms with E-state index in [0.717, 1.165) is 4.90 Å². The maximum Gasteiger partial charge on any atom is 0.326 e. The van der Waals surface area contributed by atoms with E-state index in [-0.39, 0.29) is 42.7 Å². The van der Waals surface area contributed by atoms with Gasteiger partial charge in [-0.15, -0.1) is 11.3 Å². The van der Waals surface area contributed by atoms with Gasteiger partial charge in [0.1, 0.15) is 13.2 Å². The highest BCUT2D eigenvalue weighted by atomic mass is 32.1. The Kier molecular flexibility index (Phi) is 5.69. The summed E-state index contributed by atoms with van der Waals surface area (Å²) in [7, 11) is 0. The molecule has 8 nitrogen and oxygen atoms in total. The Morgan fingerprint density at radius 1 is 1.26 bits per heavy atom. The summed E-state index contributed by atoms with van der Waals surface area (Å²) in [6, 6.07) is 0. The van der Waals surface area contributed by atoms with E-state index in [4.69, 9.17) is 4.74 Å². The predicted molar refractivity (Wildman–Crippen MR) is 97.7 cm³/mol. The van der Waals surface area contributed by atoms with Gasteiger partial charge in [0.15, 0.2) is 5.13 Å². The molecule has 2 aliphatic rings. The minimum absolute atomic E-state index is 0.0740. The number of carbonyl (C=O) groups is 4. The van der Waals surface area contributed by atoms with Crippen molar-refractivity contribution in [3.63, 3.8) is 0 Å². The van der Waals surface area contributed by atoms with Gasteiger partial charge >= 0.3 is 5.97 Å². The van der Waals surface area contributed by atoms with Gasteiger partial charge in [-0.3, -0.25) is 29.0 Å². The highest BCUT2D eigenvalue weighted by Crippen LogP contribution is 2.34. The molecule has 1 aliphatic heterocycles. The van der Waals surface area contributed by atoms with Gasteiger partial charge in [0.25, 0.3) is 0 Å². The second kappa shape index (κ2) is 7.99. The van der Waals surface area contributed by atoms with Crippen LogP contribution in [0.1, 0.15) is 32.4 Å². The van der Waals surface area contributed by atoms with Crippen LogP contribution in [0.3, 0.4) is 0 Å². The number of esters is 1. The summed E-state index contributed by atoms with van der Waals surface area (Å²) in [5, 5.41) is 2.25. The summed E-state index contributed by atoms with van der Waals surface area (Å²) in [6.07, 6.45) is 4.86. The molecule has 0 unspecified atom stereocenters. The first-order chi connectivity index (χ1) is 12.9. The molecule has 1 aromatic rings. The number of ether oxygens (including phenoxy) is 1. The number of nitrogens with zero attached hydrogens (tertiary/aromatic N) is 3. The number of amides is 3. The van der Waals surface area contributed by atoms with Crippen LogP contribution < -0.4 is 4.90 Å². The van der Waals surface area contributed by atoms with Crippen molar-refractivity contribution in [2.45, 2.75) is 33.3 Å². The lowest BCUT2D eigenvalue weighted by Crippen LogP contribution is -2.36. The van der Waals surface area contributed by atoms with E-state index < -0.39 is 5.97 Å². The number of hydrogen-bond acceptors (Lipinski definition) is 7. The Balaban J connectivity index is 1.55. The molecule has 1 aromatic heterocycles. The summed E-state index contributed by atoms with van der Waals surface area (Å²) in [5.41, 5.74) is 0.514. The van der Waals surface area contributed by atoms with Gasteiger partial charge in [0.2, 0.25) is 17.7 Å². The van der Waals surface area contributed by atoms with Crippen molar-refractivity contribution in [3.05, 3.63) is 23.2 Å². The maximum atomic E-state index is 12.4. The lowest BCUT2D eigenvalue weighted by Gasteiger charge is -2.14. The summed E-state index contributed by atoms with van der Waals surface area (Å²) < 4.78 is 5.17. The molecule has 144 valence electrons. The number of imide groups is 1. The first kappa shape index (κ1) is 19.2. The third-order valence-corrected chi connectivity index (χ3v) is 5.65. The maximum absolute atomic E-state index is 12.4. The van der Waals surface area contributed by atoms with Crippen LogP contribution in [-0.4, -0.2) is 46.7 Å². The summed E-state index contributed by atoms with van der Waals surface area (Å²) >= 11 is 1.29. The lowest BCUT2D eigenvalue weighted by atomic mass is 9.85. The van der Waals surface area contributed by atoms with Crippen LogP contribution in [0, 0.1) is 11.8 Å². The first-order valence-corrected chi connectivity index (χ1v) is 9.68. The largest absolute Gasteiger partial charge is 0.458 e. The first-order valence-electron chi connectivity index (χ1n) is 8.80. The third kappa shape index (κ3) is 3.92. The summed E-state index contributed by atoms with van der Waals surface area (Å²) in [4.78, 5) is 55.2. The number of rotatable bonds is 6. The van der Waals surface area contributed by atoms with Crippen LogP contribution in [0.25, 0.3) is 0 Å². The quantitative estimate of drug-likeness (QED) is 0.414. The van der Waals surface area contributed by atoms with Crippen molar-refractivity contribution in [3.8, 4) is 0 Å². The molecule has 2 heterocycles. The minimum Gasteiger partial charge on any atom is -0.458 e. The molecule has 0 aromatic carbocycles. The molecule has 0 bridgehead atoms. The smallest absolute Gasteiger partial charge is 0.326 e. The number of likely N-dealkylation sites (tertiary alicyclic amines) is 1. The van der Waals surface area contributed by atoms with Crippen molar-refractivity contribution in [2.75, 3.05) is 18.0 Å². The molecule has 1 aliphatic carbocycles. The fourth-order valence-electron chi connectivity index (χ4n) is 3.33. The Morgan fingerprint density at radius 2 is 1.89 bits per heavy atom. The molecule has 3 rings (SSSR count). The Labute approximate surface area is 160 Å². The average molecular weight is 391 g/mol. The molecule has 1 saturated heterocycles. The van der Waals surface area contributed by atoms with Gasteiger partial charge in [0.05, 0.1) is 17.5 Å². The lowest BCUT2D eigenvalue weighted by molar-refractivity contribution is -0.153. The molecule has 3 amide bonds. The monoisotopic (exact) mass is 391 g/mol. The highest BCUT2D eigenvalue weighted by molar-refractivity contribution is 7.14. The summed E-state index contributed by atoms with van der Waals surface area (Å²) in [6.45, 7) is 3.35. The van der Waals surface area contributed by atoms with E-state index in [1.54, 1.807) is 5.38 Å². The Bertz CT molecular complexity index is 777. The zero-order valence-electron chi connectivity index (χ0n) is 15.2. The van der Waals surface area contributed by atoms with Crippen LogP contribution in [0.15, 0.2) is 17.5 Å². The van der Waals surface area contributed by atoms with E-state index in [1.165, 1.54) is 23.2 Å². The molecular weight excluding hydrogens is 370 g/mol. The van der Waals surface area contributed by atoms with Gasteiger partial charge in [-0.2, -0.15) is 0 Å². The van der Waals surface area contributed by atoms with E-state index in [0.29, 0.717) is 30.2 Å². The van der Waals surface area contributed by atoms with Crippen LogP contribution in [0.2, 0.25) is 0 Å². The normalized spacial score (nSPS) is 21.3. The highest BCUT2D eigenvalue weighted by Gasteiger charge is 2.47. The average Bonchev–Trinajstić information content (AvgIpc) is 3.20. The van der Waals surface area contributed by atoms with Crippen molar-refractivity contribution in [1.82, 2.24) is 9.88 Å². The third-order valence-electron chi connectivity index (χ3n) is 4.73. The Morgan fingerprint density at radius 3 is 2.44 bits per heavy atom. The number of anilines is 1. The van der Waals surface area contributed by atoms with E-state index in [2.05, 4.69) is 4.98 Å². The van der Waals surface area contributed by atoms with Crippen LogP contribution in [-0.2, 0) is 30.5 Å². The van der Waals surface area contributed by atoms with E-state index in [9.17, 15) is 19.2 Å². The van der Waals surface area contributed by atoms with Gasteiger partial charge < -0.3 is 4.74 Å². The molecule has 0 N–H and O–H groups in total. The fraction of sp³-hybridized carbons (Fsp3) is 0.500. The number of aromatic nitrogens is 1. The number of allylic oxidation sites excluding steroid dienone is 2. The van der Waals surface area contributed by atoms with E-state index >= 15 is 0 Å². The molecule has 0 saturated carbocycles. The topological polar surface area (TPSA) is 96.9 Å². The summed E-state index contributed by atoms with van der Waals surface area (Å²) in [5.74, 6) is -2.09. The zero-order chi connectivity index (χ0) is 19.6. The minimum atomic E-state index is -0.656. The van der Waals surface area contributed by atoms with Gasteiger partial charge in [0, 0.05) is 18.8 Å². The standard InChI is InChI=1S/C18H21N3O5S/c1-3-20(11(2)22)18-19-12(10-27-18)9-26-15(23)8-21-16(24)13-6-4-5-7-14(13)17(21)25/h4-5,10,13-14H,3,6-9H2,1-2H3/t13-,14-/m1/s1. The van der Waals surface area contributed by atoms with Crippen LogP contribution >= 0.6 is 11.3 Å². The second-order valence-electron chi connectivity index (χ2n) is 6.46. The number of thiazole rings is 1. The molecule has 0 spiro atoms.